The number of carbonyl (C=O) groups is 1. The monoisotopic (exact) mass is 637 g/mol. The fourth-order valence-electron chi connectivity index (χ4n) is 5.03. The van der Waals surface area contributed by atoms with Crippen LogP contribution in [0.4, 0.5) is 26.2 Å². The molecule has 4 heterocycles. The summed E-state index contributed by atoms with van der Waals surface area (Å²) in [7, 11) is 0. The third-order valence-electron chi connectivity index (χ3n) is 7.21. The fraction of sp³-hybridized carbons (Fsp3) is 0.214. The van der Waals surface area contributed by atoms with Gasteiger partial charge in [0.1, 0.15) is 23.6 Å². The summed E-state index contributed by atoms with van der Waals surface area (Å²) in [4.78, 5) is 22.2. The van der Waals surface area contributed by atoms with Gasteiger partial charge in [-0.25, -0.2) is 13.9 Å². The summed E-state index contributed by atoms with van der Waals surface area (Å²) in [6, 6.07) is 9.49. The number of hydrogen-bond donors (Lipinski definition) is 3. The Morgan fingerprint density at radius 3 is 2.65 bits per heavy atom. The number of amides is 1. The third kappa shape index (κ3) is 5.90. The Balaban J connectivity index is 1.34. The number of likely N-dealkylation sites (tertiary alicyclic amines) is 1. The number of nitrogens with zero attached hydrogens (tertiary/aromatic N) is 7. The molecular weight excluding hydrogens is 616 g/mol. The van der Waals surface area contributed by atoms with Crippen LogP contribution in [-0.2, 0) is 0 Å². The molecule has 6 rings (SSSR count). The minimum atomic E-state index is -0.918. The minimum Gasteiger partial charge on any atom is -0.465 e. The first-order valence-electron chi connectivity index (χ1n) is 13.1. The topological polar surface area (TPSA) is 145 Å². The molecular formula is C28H22Cl2FN9O2S. The summed E-state index contributed by atoms with van der Waals surface area (Å²) in [5.74, 6) is -0.557. The number of fused-ring (bicyclic) bond motifs is 1. The summed E-state index contributed by atoms with van der Waals surface area (Å²) in [6.45, 7) is 0.862. The zero-order chi connectivity index (χ0) is 30.1. The molecule has 0 saturated carbocycles. The van der Waals surface area contributed by atoms with Crippen LogP contribution in [0.25, 0.3) is 10.9 Å². The van der Waals surface area contributed by atoms with Crippen LogP contribution in [0.2, 0.25) is 10.0 Å². The molecule has 0 bridgehead atoms. The smallest absolute Gasteiger partial charge is 0.407 e. The van der Waals surface area contributed by atoms with Crippen molar-refractivity contribution in [3.8, 4) is 6.07 Å². The van der Waals surface area contributed by atoms with Crippen LogP contribution in [0.15, 0.2) is 54.4 Å². The molecule has 5 aromatic rings. The van der Waals surface area contributed by atoms with Gasteiger partial charge in [-0.05, 0) is 43.2 Å². The van der Waals surface area contributed by atoms with Gasteiger partial charge in [-0.3, -0.25) is 9.97 Å². The van der Waals surface area contributed by atoms with Crippen molar-refractivity contribution in [2.75, 3.05) is 23.7 Å². The van der Waals surface area contributed by atoms with Gasteiger partial charge in [0, 0.05) is 42.2 Å². The van der Waals surface area contributed by atoms with E-state index in [0.717, 1.165) is 4.88 Å². The van der Waals surface area contributed by atoms with Crippen molar-refractivity contribution in [2.24, 2.45) is 0 Å². The Kier molecular flexibility index (Phi) is 7.98. The Morgan fingerprint density at radius 1 is 1.16 bits per heavy atom. The Hall–Kier alpha value is -4.51. The minimum absolute atomic E-state index is 0.0261. The van der Waals surface area contributed by atoms with E-state index in [2.05, 4.69) is 37.0 Å². The maximum atomic E-state index is 13.8. The maximum absolute atomic E-state index is 13.8. The molecule has 1 aliphatic heterocycles. The van der Waals surface area contributed by atoms with Crippen LogP contribution in [0.1, 0.15) is 41.1 Å². The maximum Gasteiger partial charge on any atom is 0.407 e. The SMILES string of the molecule is N#Cc1cnc2c(Cl)cc(N[C@H](c3cn(C4CCN(C(=O)O)CC4)nn3)c3cncs3)cc2c1Nc1ccc(F)c(Cl)c1. The van der Waals surface area contributed by atoms with E-state index in [4.69, 9.17) is 23.2 Å². The lowest BCUT2D eigenvalue weighted by atomic mass is 10.1. The third-order valence-corrected chi connectivity index (χ3v) is 8.63. The molecule has 1 amide bonds. The molecule has 1 fully saturated rings. The quantitative estimate of drug-likeness (QED) is 0.174. The van der Waals surface area contributed by atoms with Crippen molar-refractivity contribution < 1.29 is 14.3 Å². The highest BCUT2D eigenvalue weighted by molar-refractivity contribution is 7.09. The first-order valence-corrected chi connectivity index (χ1v) is 14.7. The van der Waals surface area contributed by atoms with Crippen molar-refractivity contribution in [3.05, 3.63) is 86.4 Å². The summed E-state index contributed by atoms with van der Waals surface area (Å²) in [6.07, 6.45) is 5.39. The van der Waals surface area contributed by atoms with E-state index in [-0.39, 0.29) is 16.6 Å². The first-order chi connectivity index (χ1) is 20.8. The number of rotatable bonds is 7. The molecule has 1 saturated heterocycles. The standard InChI is InChI=1S/C28H22Cl2FN9O2S/c29-20-8-16(1-2-22(20)31)35-25-15(10-32)11-34-26-19(25)7-17(9-21(26)30)36-27(24-12-33-14-43-24)23-13-40(38-37-23)18-3-5-39(6-4-18)28(41)42/h1-2,7-9,11-14,18,27,36H,3-6H2,(H,34,35)(H,41,42)/t27-/m1/s1. The lowest BCUT2D eigenvalue weighted by Gasteiger charge is -2.29. The van der Waals surface area contributed by atoms with Crippen LogP contribution < -0.4 is 10.6 Å². The van der Waals surface area contributed by atoms with Crippen LogP contribution >= 0.6 is 34.5 Å². The molecule has 15 heteroatoms. The fourth-order valence-corrected chi connectivity index (χ4v) is 6.16. The van der Waals surface area contributed by atoms with Gasteiger partial charge in [-0.15, -0.1) is 16.4 Å². The number of halogens is 3. The number of nitriles is 1. The average molecular weight is 639 g/mol. The van der Waals surface area contributed by atoms with Crippen LogP contribution in [0, 0.1) is 17.1 Å². The van der Waals surface area contributed by atoms with E-state index in [9.17, 15) is 19.6 Å². The summed E-state index contributed by atoms with van der Waals surface area (Å²) in [5, 5.41) is 35.5. The summed E-state index contributed by atoms with van der Waals surface area (Å²) >= 11 is 14.1. The normalized spacial score (nSPS) is 14.4. The van der Waals surface area contributed by atoms with Crippen molar-refractivity contribution >= 4 is 68.6 Å². The molecule has 0 unspecified atom stereocenters. The lowest BCUT2D eigenvalue weighted by molar-refractivity contribution is 0.123. The van der Waals surface area contributed by atoms with E-state index >= 15 is 0 Å². The number of carboxylic acid groups (broad SMARTS) is 1. The van der Waals surface area contributed by atoms with Crippen LogP contribution in [-0.4, -0.2) is 54.2 Å². The number of pyridine rings is 1. The second kappa shape index (κ2) is 12.0. The molecule has 1 atom stereocenters. The number of anilines is 3. The molecule has 1 aliphatic rings. The van der Waals surface area contributed by atoms with Crippen molar-refractivity contribution in [2.45, 2.75) is 24.9 Å². The number of benzene rings is 2. The molecule has 3 aromatic heterocycles. The molecule has 43 heavy (non-hydrogen) atoms. The molecule has 218 valence electrons. The van der Waals surface area contributed by atoms with Crippen molar-refractivity contribution in [1.82, 2.24) is 29.9 Å². The van der Waals surface area contributed by atoms with Crippen LogP contribution in [0.5, 0.6) is 0 Å². The zero-order valence-corrected chi connectivity index (χ0v) is 24.5. The highest BCUT2D eigenvalue weighted by Crippen LogP contribution is 2.37. The number of piperidine rings is 1. The Morgan fingerprint density at radius 2 is 1.95 bits per heavy atom. The second-order valence-corrected chi connectivity index (χ2v) is 11.6. The van der Waals surface area contributed by atoms with Gasteiger partial charge in [-0.1, -0.05) is 28.4 Å². The second-order valence-electron chi connectivity index (χ2n) is 9.87. The lowest BCUT2D eigenvalue weighted by Crippen LogP contribution is -2.38. The Labute approximate surface area is 258 Å². The predicted octanol–water partition coefficient (Wildman–Crippen LogP) is 6.86. The highest BCUT2D eigenvalue weighted by Gasteiger charge is 2.27. The van der Waals surface area contributed by atoms with Crippen molar-refractivity contribution in [3.63, 3.8) is 0 Å². The van der Waals surface area contributed by atoms with E-state index in [1.165, 1.54) is 40.6 Å². The molecule has 0 spiro atoms. The van der Waals surface area contributed by atoms with E-state index in [1.807, 2.05) is 12.3 Å². The van der Waals surface area contributed by atoms with Crippen molar-refractivity contribution in [1.29, 1.82) is 5.26 Å². The number of nitrogens with one attached hydrogen (secondary N) is 2. The van der Waals surface area contributed by atoms with Gasteiger partial charge in [-0.2, -0.15) is 5.26 Å². The first kappa shape index (κ1) is 28.6. The van der Waals surface area contributed by atoms with Gasteiger partial charge in [0.05, 0.1) is 49.4 Å². The summed E-state index contributed by atoms with van der Waals surface area (Å²) < 4.78 is 15.6. The average Bonchev–Trinajstić information content (AvgIpc) is 3.72. The predicted molar refractivity (Wildman–Crippen MR) is 162 cm³/mol. The van der Waals surface area contributed by atoms with Crippen LogP contribution in [0.3, 0.4) is 0 Å². The molecule has 11 nitrogen and oxygen atoms in total. The highest BCUT2D eigenvalue weighted by atomic mass is 35.5. The number of aromatic nitrogens is 5. The van der Waals surface area contributed by atoms with Gasteiger partial charge >= 0.3 is 6.09 Å². The molecule has 0 radical (unpaired) electrons. The zero-order valence-electron chi connectivity index (χ0n) is 22.2. The van der Waals surface area contributed by atoms with Gasteiger partial charge in [0.15, 0.2) is 0 Å². The van der Waals surface area contributed by atoms with Gasteiger partial charge < -0.3 is 20.6 Å². The summed E-state index contributed by atoms with van der Waals surface area (Å²) in [5.41, 5.74) is 4.64. The van der Waals surface area contributed by atoms with E-state index in [0.29, 0.717) is 64.6 Å². The number of thiazole rings is 1. The molecule has 0 aliphatic carbocycles. The molecule has 2 aromatic carbocycles. The van der Waals surface area contributed by atoms with E-state index in [1.54, 1.807) is 22.5 Å². The number of hydrogen-bond acceptors (Lipinski definition) is 9. The van der Waals surface area contributed by atoms with Gasteiger partial charge in [0.2, 0.25) is 0 Å². The molecule has 3 N–H and O–H groups in total. The van der Waals surface area contributed by atoms with E-state index < -0.39 is 18.0 Å². The largest absolute Gasteiger partial charge is 0.465 e. The Bertz CT molecular complexity index is 1850. The van der Waals surface area contributed by atoms with Gasteiger partial charge in [0.25, 0.3) is 0 Å².